The molecule has 2 heterocycles. The van der Waals surface area contributed by atoms with Gasteiger partial charge in [0.05, 0.1) is 12.7 Å². The maximum absolute atomic E-state index is 12.6. The summed E-state index contributed by atoms with van der Waals surface area (Å²) in [6, 6.07) is 12.0. The summed E-state index contributed by atoms with van der Waals surface area (Å²) in [5.74, 6) is 0.902. The minimum absolute atomic E-state index is 0.215. The van der Waals surface area contributed by atoms with Gasteiger partial charge in [0, 0.05) is 50.2 Å². The Hall–Kier alpha value is -2.60. The Bertz CT molecular complexity index is 812. The second-order valence-electron chi connectivity index (χ2n) is 7.51. The van der Waals surface area contributed by atoms with Crippen molar-refractivity contribution in [3.8, 4) is 5.75 Å². The molecule has 1 aromatic carbocycles. The van der Waals surface area contributed by atoms with E-state index in [0.29, 0.717) is 17.1 Å². The van der Waals surface area contributed by atoms with Crippen molar-refractivity contribution in [2.24, 2.45) is 0 Å². The SMILES string of the molecule is COc1ccccc1C(=O)Nc1cc(N2CCN(C3CCCC3)CC2)ccn1. The summed E-state index contributed by atoms with van der Waals surface area (Å²) in [4.78, 5) is 22.0. The summed E-state index contributed by atoms with van der Waals surface area (Å²) in [6.07, 6.45) is 7.23. The number of aromatic nitrogens is 1. The molecule has 2 aliphatic rings. The number of pyridine rings is 1. The third-order valence-electron chi connectivity index (χ3n) is 5.86. The van der Waals surface area contributed by atoms with Crippen LogP contribution < -0.4 is 15.0 Å². The molecule has 2 fully saturated rings. The van der Waals surface area contributed by atoms with Gasteiger partial charge < -0.3 is 15.0 Å². The second-order valence-corrected chi connectivity index (χ2v) is 7.51. The first-order valence-electron chi connectivity index (χ1n) is 10.1. The Morgan fingerprint density at radius 3 is 2.61 bits per heavy atom. The van der Waals surface area contributed by atoms with Gasteiger partial charge in [0.15, 0.2) is 0 Å². The summed E-state index contributed by atoms with van der Waals surface area (Å²) in [6.45, 7) is 4.24. The molecule has 4 rings (SSSR count). The normalized spacial score (nSPS) is 18.2. The van der Waals surface area contributed by atoms with Crippen molar-refractivity contribution in [3.63, 3.8) is 0 Å². The van der Waals surface area contributed by atoms with Crippen LogP contribution in [0.2, 0.25) is 0 Å². The summed E-state index contributed by atoms with van der Waals surface area (Å²) in [7, 11) is 1.57. The van der Waals surface area contributed by atoms with Crippen molar-refractivity contribution < 1.29 is 9.53 Å². The smallest absolute Gasteiger partial charge is 0.260 e. The van der Waals surface area contributed by atoms with Gasteiger partial charge in [-0.2, -0.15) is 0 Å². The van der Waals surface area contributed by atoms with Crippen molar-refractivity contribution >= 4 is 17.4 Å². The maximum atomic E-state index is 12.6. The number of nitrogens with one attached hydrogen (secondary N) is 1. The van der Waals surface area contributed by atoms with Gasteiger partial charge in [-0.25, -0.2) is 4.98 Å². The molecule has 0 unspecified atom stereocenters. The Labute approximate surface area is 166 Å². The van der Waals surface area contributed by atoms with Crippen LogP contribution in [0.3, 0.4) is 0 Å². The van der Waals surface area contributed by atoms with Crippen LogP contribution in [-0.4, -0.2) is 55.1 Å². The predicted octanol–water partition coefficient (Wildman–Crippen LogP) is 3.41. The Balaban J connectivity index is 1.40. The Morgan fingerprint density at radius 1 is 1.11 bits per heavy atom. The van der Waals surface area contributed by atoms with E-state index in [4.69, 9.17) is 4.74 Å². The average molecular weight is 380 g/mol. The highest BCUT2D eigenvalue weighted by Crippen LogP contribution is 2.26. The van der Waals surface area contributed by atoms with E-state index >= 15 is 0 Å². The van der Waals surface area contributed by atoms with Crippen LogP contribution in [0.15, 0.2) is 42.6 Å². The topological polar surface area (TPSA) is 57.7 Å². The lowest BCUT2D eigenvalue weighted by Gasteiger charge is -2.39. The lowest BCUT2D eigenvalue weighted by molar-refractivity contribution is 0.102. The number of rotatable bonds is 5. The quantitative estimate of drug-likeness (QED) is 0.861. The van der Waals surface area contributed by atoms with E-state index in [2.05, 4.69) is 20.1 Å². The first-order chi connectivity index (χ1) is 13.7. The zero-order valence-electron chi connectivity index (χ0n) is 16.4. The van der Waals surface area contributed by atoms with Crippen LogP contribution >= 0.6 is 0 Å². The van der Waals surface area contributed by atoms with Gasteiger partial charge in [-0.3, -0.25) is 9.69 Å². The van der Waals surface area contributed by atoms with Crippen molar-refractivity contribution in [1.82, 2.24) is 9.88 Å². The van der Waals surface area contributed by atoms with E-state index in [9.17, 15) is 4.79 Å². The fourth-order valence-electron chi connectivity index (χ4n) is 4.32. The lowest BCUT2D eigenvalue weighted by Crippen LogP contribution is -2.49. The van der Waals surface area contributed by atoms with Crippen molar-refractivity contribution in [1.29, 1.82) is 0 Å². The monoisotopic (exact) mass is 380 g/mol. The third kappa shape index (κ3) is 4.12. The number of carbonyl (C=O) groups is 1. The second kappa shape index (κ2) is 8.61. The molecule has 28 heavy (non-hydrogen) atoms. The molecule has 1 aliphatic heterocycles. The molecule has 0 spiro atoms. The number of hydrogen-bond donors (Lipinski definition) is 1. The van der Waals surface area contributed by atoms with Gasteiger partial charge in [-0.15, -0.1) is 0 Å². The highest BCUT2D eigenvalue weighted by molar-refractivity contribution is 6.05. The number of anilines is 2. The van der Waals surface area contributed by atoms with Gasteiger partial charge in [0.25, 0.3) is 5.91 Å². The first-order valence-corrected chi connectivity index (χ1v) is 10.1. The molecule has 0 radical (unpaired) electrons. The molecule has 1 aliphatic carbocycles. The molecule has 0 bridgehead atoms. The molecule has 1 aromatic heterocycles. The number of methoxy groups -OCH3 is 1. The summed E-state index contributed by atoms with van der Waals surface area (Å²) >= 11 is 0. The van der Waals surface area contributed by atoms with E-state index in [1.54, 1.807) is 25.4 Å². The van der Waals surface area contributed by atoms with Gasteiger partial charge in [0.1, 0.15) is 11.6 Å². The molecule has 1 amide bonds. The summed E-state index contributed by atoms with van der Waals surface area (Å²) in [5.41, 5.74) is 1.61. The molecule has 6 heteroatoms. The van der Waals surface area contributed by atoms with E-state index in [-0.39, 0.29) is 5.91 Å². The van der Waals surface area contributed by atoms with Crippen LogP contribution in [-0.2, 0) is 0 Å². The predicted molar refractivity (Wildman–Crippen MR) is 111 cm³/mol. The number of para-hydroxylation sites is 1. The highest BCUT2D eigenvalue weighted by atomic mass is 16.5. The minimum atomic E-state index is -0.215. The largest absolute Gasteiger partial charge is 0.496 e. The molecule has 1 N–H and O–H groups in total. The number of benzene rings is 1. The summed E-state index contributed by atoms with van der Waals surface area (Å²) in [5, 5.41) is 2.90. The zero-order valence-corrected chi connectivity index (χ0v) is 16.4. The highest BCUT2D eigenvalue weighted by Gasteiger charge is 2.26. The van der Waals surface area contributed by atoms with Gasteiger partial charge >= 0.3 is 0 Å². The van der Waals surface area contributed by atoms with Gasteiger partial charge in [0.2, 0.25) is 0 Å². The molecule has 148 valence electrons. The van der Waals surface area contributed by atoms with Crippen molar-refractivity contribution in [2.75, 3.05) is 43.5 Å². The fourth-order valence-corrected chi connectivity index (χ4v) is 4.32. The van der Waals surface area contributed by atoms with E-state index in [1.807, 2.05) is 24.3 Å². The van der Waals surface area contributed by atoms with E-state index in [0.717, 1.165) is 37.9 Å². The molecule has 6 nitrogen and oxygen atoms in total. The Morgan fingerprint density at radius 2 is 1.86 bits per heavy atom. The number of piperazine rings is 1. The van der Waals surface area contributed by atoms with E-state index < -0.39 is 0 Å². The van der Waals surface area contributed by atoms with Crippen LogP contribution in [0.4, 0.5) is 11.5 Å². The third-order valence-corrected chi connectivity index (χ3v) is 5.86. The minimum Gasteiger partial charge on any atom is -0.496 e. The number of ether oxygens (including phenoxy) is 1. The van der Waals surface area contributed by atoms with Gasteiger partial charge in [-0.05, 0) is 31.0 Å². The number of amides is 1. The molecule has 1 saturated carbocycles. The molecule has 2 aromatic rings. The first kappa shape index (κ1) is 18.7. The lowest BCUT2D eigenvalue weighted by atomic mass is 10.1. The number of nitrogens with zero attached hydrogens (tertiary/aromatic N) is 3. The van der Waals surface area contributed by atoms with E-state index in [1.165, 1.54) is 25.7 Å². The van der Waals surface area contributed by atoms with Crippen LogP contribution in [0.25, 0.3) is 0 Å². The molecule has 0 atom stereocenters. The molecular formula is C22H28N4O2. The standard InChI is InChI=1S/C22H28N4O2/c1-28-20-9-5-4-8-19(20)22(27)24-21-16-18(10-11-23-21)26-14-12-25(13-15-26)17-6-2-3-7-17/h4-5,8-11,16-17H,2-3,6-7,12-15H2,1H3,(H,23,24,27). The maximum Gasteiger partial charge on any atom is 0.260 e. The van der Waals surface area contributed by atoms with Crippen LogP contribution in [0.5, 0.6) is 5.75 Å². The number of hydrogen-bond acceptors (Lipinski definition) is 5. The fraction of sp³-hybridized carbons (Fsp3) is 0.455. The van der Waals surface area contributed by atoms with Crippen molar-refractivity contribution in [3.05, 3.63) is 48.2 Å². The molecule has 1 saturated heterocycles. The summed E-state index contributed by atoms with van der Waals surface area (Å²) < 4.78 is 5.28. The van der Waals surface area contributed by atoms with Crippen molar-refractivity contribution in [2.45, 2.75) is 31.7 Å². The average Bonchev–Trinajstić information content (AvgIpc) is 3.29. The Kier molecular flexibility index (Phi) is 5.76. The van der Waals surface area contributed by atoms with Crippen LogP contribution in [0.1, 0.15) is 36.0 Å². The number of carbonyl (C=O) groups excluding carboxylic acids is 1. The van der Waals surface area contributed by atoms with Crippen LogP contribution in [0, 0.1) is 0 Å². The van der Waals surface area contributed by atoms with Gasteiger partial charge in [-0.1, -0.05) is 25.0 Å². The molecular weight excluding hydrogens is 352 g/mol. The zero-order chi connectivity index (χ0) is 19.3.